The van der Waals surface area contributed by atoms with Crippen LogP contribution in [0.15, 0.2) is 48.7 Å². The molecule has 0 unspecified atom stereocenters. The fourth-order valence-electron chi connectivity index (χ4n) is 2.69. The summed E-state index contributed by atoms with van der Waals surface area (Å²) in [5, 5.41) is 10.8. The van der Waals surface area contributed by atoms with E-state index in [1.54, 1.807) is 19.2 Å². The fourth-order valence-corrected chi connectivity index (χ4v) is 2.69. The molecule has 0 fully saturated rings. The molecule has 4 heteroatoms. The fraction of sp³-hybridized carbons (Fsp3) is 0.263. The Morgan fingerprint density at radius 1 is 1.04 bits per heavy atom. The molecule has 3 rings (SSSR count). The molecule has 0 radical (unpaired) electrons. The number of ether oxygens (including phenoxy) is 2. The first-order chi connectivity index (χ1) is 11.1. The van der Waals surface area contributed by atoms with Crippen molar-refractivity contribution in [2.45, 2.75) is 26.5 Å². The zero-order chi connectivity index (χ0) is 16.4. The molecule has 0 aliphatic heterocycles. The van der Waals surface area contributed by atoms with Crippen LogP contribution in [-0.4, -0.2) is 16.8 Å². The molecule has 120 valence electrons. The molecule has 0 spiro atoms. The van der Waals surface area contributed by atoms with Crippen LogP contribution < -0.4 is 9.47 Å². The first kappa shape index (κ1) is 15.3. The van der Waals surface area contributed by atoms with E-state index in [9.17, 15) is 5.11 Å². The lowest BCUT2D eigenvalue weighted by Crippen LogP contribution is -1.98. The largest absolute Gasteiger partial charge is 0.508 e. The van der Waals surface area contributed by atoms with Crippen molar-refractivity contribution in [1.29, 1.82) is 0 Å². The predicted molar refractivity (Wildman–Crippen MR) is 91.3 cm³/mol. The van der Waals surface area contributed by atoms with Crippen LogP contribution in [-0.2, 0) is 6.61 Å². The number of phenols is 1. The van der Waals surface area contributed by atoms with Crippen LogP contribution in [0, 0.1) is 0 Å². The van der Waals surface area contributed by atoms with Crippen molar-refractivity contribution < 1.29 is 14.6 Å². The first-order valence-electron chi connectivity index (χ1n) is 7.68. The molecule has 0 aliphatic rings. The number of fused-ring (bicyclic) bond motifs is 1. The molecule has 0 bridgehead atoms. The van der Waals surface area contributed by atoms with E-state index in [4.69, 9.17) is 9.47 Å². The van der Waals surface area contributed by atoms with Gasteiger partial charge in [0.05, 0.1) is 12.6 Å². The Balaban J connectivity index is 1.87. The van der Waals surface area contributed by atoms with Crippen molar-refractivity contribution in [3.63, 3.8) is 0 Å². The Bertz CT molecular complexity index is 803. The molecular formula is C19H21NO3. The maximum atomic E-state index is 9.75. The summed E-state index contributed by atoms with van der Waals surface area (Å²) in [5.41, 5.74) is 2.12. The monoisotopic (exact) mass is 311 g/mol. The number of benzene rings is 2. The summed E-state index contributed by atoms with van der Waals surface area (Å²) >= 11 is 0. The normalized spacial score (nSPS) is 11.1. The van der Waals surface area contributed by atoms with Gasteiger partial charge in [-0.1, -0.05) is 0 Å². The molecule has 1 heterocycles. The average molecular weight is 311 g/mol. The van der Waals surface area contributed by atoms with Gasteiger partial charge in [0.1, 0.15) is 23.9 Å². The Hall–Kier alpha value is -2.62. The lowest BCUT2D eigenvalue weighted by Gasteiger charge is -2.08. The van der Waals surface area contributed by atoms with E-state index in [-0.39, 0.29) is 5.75 Å². The third-order valence-electron chi connectivity index (χ3n) is 3.91. The van der Waals surface area contributed by atoms with E-state index in [1.165, 1.54) is 0 Å². The molecule has 0 amide bonds. The van der Waals surface area contributed by atoms with Crippen molar-refractivity contribution in [1.82, 2.24) is 4.57 Å². The Morgan fingerprint density at radius 3 is 2.39 bits per heavy atom. The van der Waals surface area contributed by atoms with Crippen molar-refractivity contribution in [3.8, 4) is 17.2 Å². The number of phenolic OH excluding ortho intramolecular Hbond substituents is 1. The molecule has 0 atom stereocenters. The molecule has 2 aromatic carbocycles. The maximum absolute atomic E-state index is 9.75. The molecule has 0 saturated carbocycles. The van der Waals surface area contributed by atoms with E-state index in [0.717, 1.165) is 28.0 Å². The Kier molecular flexibility index (Phi) is 4.15. The third kappa shape index (κ3) is 3.11. The number of hydrogen-bond acceptors (Lipinski definition) is 3. The van der Waals surface area contributed by atoms with Gasteiger partial charge in [0.15, 0.2) is 0 Å². The van der Waals surface area contributed by atoms with E-state index in [1.807, 2.05) is 30.3 Å². The highest BCUT2D eigenvalue weighted by Crippen LogP contribution is 2.29. The topological polar surface area (TPSA) is 43.6 Å². The molecule has 0 saturated heterocycles. The number of methoxy groups -OCH3 is 1. The van der Waals surface area contributed by atoms with Gasteiger partial charge in [-0.25, -0.2) is 0 Å². The van der Waals surface area contributed by atoms with Crippen molar-refractivity contribution >= 4 is 10.9 Å². The van der Waals surface area contributed by atoms with Crippen molar-refractivity contribution in [2.75, 3.05) is 7.11 Å². The minimum Gasteiger partial charge on any atom is -0.508 e. The second-order valence-electron chi connectivity index (χ2n) is 5.82. The van der Waals surface area contributed by atoms with Crippen molar-refractivity contribution in [3.05, 3.63) is 54.2 Å². The quantitative estimate of drug-likeness (QED) is 0.753. The molecule has 3 aromatic rings. The maximum Gasteiger partial charge on any atom is 0.120 e. The van der Waals surface area contributed by atoms with E-state index >= 15 is 0 Å². The van der Waals surface area contributed by atoms with Gasteiger partial charge in [-0.05, 0) is 50.2 Å². The minimum atomic E-state index is 0.278. The summed E-state index contributed by atoms with van der Waals surface area (Å²) < 4.78 is 13.2. The Labute approximate surface area is 135 Å². The average Bonchev–Trinajstić information content (AvgIpc) is 2.91. The van der Waals surface area contributed by atoms with Crippen LogP contribution in [0.3, 0.4) is 0 Å². The zero-order valence-corrected chi connectivity index (χ0v) is 13.6. The molecule has 0 aliphatic carbocycles. The standard InChI is InChI=1S/C19H21NO3/c1-13(2)20-11-14(18-9-4-15(21)10-19(18)20)12-23-17-7-5-16(22-3)6-8-17/h4-11,13,21H,12H2,1-3H3. The number of aromatic hydroxyl groups is 1. The summed E-state index contributed by atoms with van der Waals surface area (Å²) in [4.78, 5) is 0. The summed E-state index contributed by atoms with van der Waals surface area (Å²) in [6.07, 6.45) is 2.10. The second kappa shape index (κ2) is 6.24. The van der Waals surface area contributed by atoms with E-state index in [0.29, 0.717) is 12.6 Å². The van der Waals surface area contributed by atoms with E-state index in [2.05, 4.69) is 24.6 Å². The van der Waals surface area contributed by atoms with Crippen LogP contribution in [0.1, 0.15) is 25.5 Å². The van der Waals surface area contributed by atoms with Gasteiger partial charge < -0.3 is 19.1 Å². The van der Waals surface area contributed by atoms with Gasteiger partial charge in [0, 0.05) is 29.3 Å². The van der Waals surface area contributed by atoms with Crippen LogP contribution in [0.25, 0.3) is 10.9 Å². The second-order valence-corrected chi connectivity index (χ2v) is 5.82. The van der Waals surface area contributed by atoms with Crippen LogP contribution in [0.5, 0.6) is 17.2 Å². The van der Waals surface area contributed by atoms with E-state index < -0.39 is 0 Å². The SMILES string of the molecule is COc1ccc(OCc2cn(C(C)C)c3cc(O)ccc23)cc1. The summed E-state index contributed by atoms with van der Waals surface area (Å²) in [7, 11) is 1.64. The van der Waals surface area contributed by atoms with Gasteiger partial charge in [-0.3, -0.25) is 0 Å². The smallest absolute Gasteiger partial charge is 0.120 e. The van der Waals surface area contributed by atoms with Crippen molar-refractivity contribution in [2.24, 2.45) is 0 Å². The third-order valence-corrected chi connectivity index (χ3v) is 3.91. The summed E-state index contributed by atoms with van der Waals surface area (Å²) in [6.45, 7) is 4.72. The highest BCUT2D eigenvalue weighted by atomic mass is 16.5. The lowest BCUT2D eigenvalue weighted by atomic mass is 10.2. The first-order valence-corrected chi connectivity index (χ1v) is 7.68. The lowest BCUT2D eigenvalue weighted by molar-refractivity contribution is 0.306. The van der Waals surface area contributed by atoms with Crippen LogP contribution >= 0.6 is 0 Å². The van der Waals surface area contributed by atoms with Crippen LogP contribution in [0.4, 0.5) is 0 Å². The number of aromatic nitrogens is 1. The summed E-state index contributed by atoms with van der Waals surface area (Å²) in [6, 6.07) is 13.3. The molecule has 23 heavy (non-hydrogen) atoms. The van der Waals surface area contributed by atoms with Gasteiger partial charge in [0.2, 0.25) is 0 Å². The highest BCUT2D eigenvalue weighted by molar-refractivity contribution is 5.85. The number of rotatable bonds is 5. The zero-order valence-electron chi connectivity index (χ0n) is 13.6. The molecule has 4 nitrogen and oxygen atoms in total. The minimum absolute atomic E-state index is 0.278. The molecule has 1 aromatic heterocycles. The number of nitrogens with zero attached hydrogens (tertiary/aromatic N) is 1. The van der Waals surface area contributed by atoms with Gasteiger partial charge in [-0.15, -0.1) is 0 Å². The predicted octanol–water partition coefficient (Wildman–Crippen LogP) is 4.52. The Morgan fingerprint density at radius 2 is 1.74 bits per heavy atom. The van der Waals surface area contributed by atoms with Crippen LogP contribution in [0.2, 0.25) is 0 Å². The van der Waals surface area contributed by atoms with Gasteiger partial charge >= 0.3 is 0 Å². The van der Waals surface area contributed by atoms with Gasteiger partial charge in [-0.2, -0.15) is 0 Å². The number of hydrogen-bond donors (Lipinski definition) is 1. The molecular weight excluding hydrogens is 290 g/mol. The molecule has 1 N–H and O–H groups in total. The summed E-state index contributed by atoms with van der Waals surface area (Å²) in [5.74, 6) is 1.89. The van der Waals surface area contributed by atoms with Gasteiger partial charge in [0.25, 0.3) is 0 Å². The highest BCUT2D eigenvalue weighted by Gasteiger charge is 2.12.